The highest BCUT2D eigenvalue weighted by atomic mass is 19.1. The highest BCUT2D eigenvalue weighted by Gasteiger charge is 2.26. The topological polar surface area (TPSA) is 120 Å². The molecule has 35 heavy (non-hydrogen) atoms. The van der Waals surface area contributed by atoms with Gasteiger partial charge < -0.3 is 19.5 Å². The summed E-state index contributed by atoms with van der Waals surface area (Å²) in [6.45, 7) is 2.90. The number of carbonyl (C=O) groups excluding carboxylic acids is 2. The maximum Gasteiger partial charge on any atom is 0.380 e. The quantitative estimate of drug-likeness (QED) is 0.461. The molecule has 10 nitrogen and oxygen atoms in total. The van der Waals surface area contributed by atoms with E-state index in [2.05, 4.69) is 15.4 Å². The Morgan fingerprint density at radius 1 is 1.14 bits per heavy atom. The molecular formula is C24H26FN5O5. The lowest BCUT2D eigenvalue weighted by Gasteiger charge is -2.21. The smallest absolute Gasteiger partial charge is 0.380 e. The minimum atomic E-state index is -1.05. The molecule has 1 saturated heterocycles. The summed E-state index contributed by atoms with van der Waals surface area (Å²) < 4.78 is 24.2. The van der Waals surface area contributed by atoms with Crippen molar-refractivity contribution in [2.75, 3.05) is 26.3 Å². The standard InChI is InChI=1S/C24H26FN5O5/c1-2-34-24(33)22-26-28-30(27-22)14-18(31)15-35-20-7-5-6-19(16-8-10-17(25)11-9-16)21(20)23(32)29-12-3-4-13-29/h5-11,18,31H,2-4,12-15H2,1H3. The molecule has 0 spiro atoms. The zero-order valence-corrected chi connectivity index (χ0v) is 19.3. The number of hydrogen-bond donors (Lipinski definition) is 1. The number of benzene rings is 2. The molecule has 3 aromatic rings. The number of carbonyl (C=O) groups is 2. The Labute approximate surface area is 201 Å². The van der Waals surface area contributed by atoms with Crippen LogP contribution in [0.2, 0.25) is 0 Å². The van der Waals surface area contributed by atoms with E-state index in [9.17, 15) is 19.1 Å². The summed E-state index contributed by atoms with van der Waals surface area (Å²) in [5, 5.41) is 21.7. The van der Waals surface area contributed by atoms with E-state index in [0.717, 1.165) is 17.6 Å². The second-order valence-corrected chi connectivity index (χ2v) is 8.04. The Morgan fingerprint density at radius 3 is 2.60 bits per heavy atom. The molecule has 2 aromatic carbocycles. The molecule has 184 valence electrons. The fraction of sp³-hybridized carbons (Fsp3) is 0.375. The van der Waals surface area contributed by atoms with Gasteiger partial charge in [-0.25, -0.2) is 9.18 Å². The van der Waals surface area contributed by atoms with Crippen LogP contribution in [0.3, 0.4) is 0 Å². The van der Waals surface area contributed by atoms with E-state index in [1.807, 2.05) is 0 Å². The fourth-order valence-electron chi connectivity index (χ4n) is 3.85. The summed E-state index contributed by atoms with van der Waals surface area (Å²) in [6.07, 6.45) is 0.805. The van der Waals surface area contributed by atoms with Crippen molar-refractivity contribution in [3.05, 3.63) is 59.7 Å². The van der Waals surface area contributed by atoms with Crippen molar-refractivity contribution in [3.63, 3.8) is 0 Å². The minimum absolute atomic E-state index is 0.0839. The van der Waals surface area contributed by atoms with Gasteiger partial charge in [0.1, 0.15) is 24.3 Å². The molecule has 0 radical (unpaired) electrons. The summed E-state index contributed by atoms with van der Waals surface area (Å²) in [5.41, 5.74) is 1.65. The lowest BCUT2D eigenvalue weighted by atomic mass is 9.97. The Morgan fingerprint density at radius 2 is 1.89 bits per heavy atom. The van der Waals surface area contributed by atoms with Gasteiger partial charge in [-0.2, -0.15) is 4.80 Å². The summed E-state index contributed by atoms with van der Waals surface area (Å²) in [5.74, 6) is -1.15. The third-order valence-electron chi connectivity index (χ3n) is 5.50. The molecule has 1 unspecified atom stereocenters. The average molecular weight is 484 g/mol. The number of likely N-dealkylation sites (tertiary alicyclic amines) is 1. The molecule has 0 saturated carbocycles. The lowest BCUT2D eigenvalue weighted by molar-refractivity contribution is 0.0509. The van der Waals surface area contributed by atoms with Crippen LogP contribution in [0.15, 0.2) is 42.5 Å². The van der Waals surface area contributed by atoms with E-state index in [1.54, 1.807) is 42.2 Å². The first-order valence-electron chi connectivity index (χ1n) is 11.4. The predicted molar refractivity (Wildman–Crippen MR) is 122 cm³/mol. The van der Waals surface area contributed by atoms with E-state index in [1.165, 1.54) is 12.1 Å². The summed E-state index contributed by atoms with van der Waals surface area (Å²) in [4.78, 5) is 27.9. The van der Waals surface area contributed by atoms with Gasteiger partial charge in [-0.05, 0) is 54.3 Å². The molecule has 11 heteroatoms. The zero-order chi connectivity index (χ0) is 24.8. The van der Waals surface area contributed by atoms with Crippen molar-refractivity contribution in [3.8, 4) is 16.9 Å². The number of esters is 1. The molecule has 1 aliphatic rings. The van der Waals surface area contributed by atoms with E-state index >= 15 is 0 Å². The largest absolute Gasteiger partial charge is 0.490 e. The number of rotatable bonds is 9. The van der Waals surface area contributed by atoms with Gasteiger partial charge in [-0.3, -0.25) is 4.79 Å². The average Bonchev–Trinajstić information content (AvgIpc) is 3.55. The van der Waals surface area contributed by atoms with Crippen LogP contribution in [0.25, 0.3) is 11.1 Å². The lowest BCUT2D eigenvalue weighted by Crippen LogP contribution is -2.29. The Kier molecular flexibility index (Phi) is 7.66. The summed E-state index contributed by atoms with van der Waals surface area (Å²) in [7, 11) is 0. The molecule has 1 aromatic heterocycles. The number of hydrogen-bond acceptors (Lipinski definition) is 8. The summed E-state index contributed by atoms with van der Waals surface area (Å²) >= 11 is 0. The van der Waals surface area contributed by atoms with Crippen molar-refractivity contribution in [1.29, 1.82) is 0 Å². The van der Waals surface area contributed by atoms with Crippen molar-refractivity contribution in [2.45, 2.75) is 32.4 Å². The van der Waals surface area contributed by atoms with Crippen LogP contribution in [0.4, 0.5) is 4.39 Å². The fourth-order valence-corrected chi connectivity index (χ4v) is 3.85. The van der Waals surface area contributed by atoms with Gasteiger partial charge in [-0.1, -0.05) is 24.3 Å². The molecule has 2 heterocycles. The van der Waals surface area contributed by atoms with Crippen molar-refractivity contribution in [2.24, 2.45) is 0 Å². The van der Waals surface area contributed by atoms with Crippen LogP contribution in [0.5, 0.6) is 5.75 Å². The van der Waals surface area contributed by atoms with Crippen molar-refractivity contribution in [1.82, 2.24) is 25.1 Å². The maximum atomic E-state index is 13.5. The van der Waals surface area contributed by atoms with Gasteiger partial charge in [0.25, 0.3) is 11.7 Å². The minimum Gasteiger partial charge on any atom is -0.490 e. The van der Waals surface area contributed by atoms with Crippen LogP contribution < -0.4 is 4.74 Å². The van der Waals surface area contributed by atoms with E-state index in [-0.39, 0.29) is 37.3 Å². The SMILES string of the molecule is CCOC(=O)c1nnn(CC(O)COc2cccc(-c3ccc(F)cc3)c2C(=O)N2CCCC2)n1. The monoisotopic (exact) mass is 483 g/mol. The maximum absolute atomic E-state index is 13.5. The second kappa shape index (κ2) is 11.0. The zero-order valence-electron chi connectivity index (χ0n) is 19.3. The van der Waals surface area contributed by atoms with Gasteiger partial charge >= 0.3 is 5.97 Å². The number of aromatic nitrogens is 4. The van der Waals surface area contributed by atoms with Crippen molar-refractivity contribution >= 4 is 11.9 Å². The first-order valence-corrected chi connectivity index (χ1v) is 11.4. The molecule has 1 fully saturated rings. The summed E-state index contributed by atoms with van der Waals surface area (Å²) in [6, 6.07) is 11.1. The first-order chi connectivity index (χ1) is 17.0. The molecule has 0 bridgehead atoms. The van der Waals surface area contributed by atoms with Gasteiger partial charge in [0.15, 0.2) is 0 Å². The highest BCUT2D eigenvalue weighted by Crippen LogP contribution is 2.33. The Balaban J connectivity index is 1.52. The number of tetrazole rings is 1. The van der Waals surface area contributed by atoms with Gasteiger partial charge in [0.2, 0.25) is 0 Å². The predicted octanol–water partition coefficient (Wildman–Crippen LogP) is 2.33. The number of ether oxygens (including phenoxy) is 2. The first kappa shape index (κ1) is 24.3. The molecule has 0 aliphatic carbocycles. The third-order valence-corrected chi connectivity index (χ3v) is 5.50. The van der Waals surface area contributed by atoms with Crippen LogP contribution in [0.1, 0.15) is 40.7 Å². The third kappa shape index (κ3) is 5.80. The molecule has 1 atom stereocenters. The van der Waals surface area contributed by atoms with Crippen LogP contribution in [-0.2, 0) is 11.3 Å². The van der Waals surface area contributed by atoms with Crippen LogP contribution in [0, 0.1) is 5.82 Å². The van der Waals surface area contributed by atoms with Gasteiger partial charge in [0.05, 0.1) is 18.7 Å². The molecule has 4 rings (SSSR count). The number of nitrogens with zero attached hydrogens (tertiary/aromatic N) is 5. The molecule has 1 aliphatic heterocycles. The van der Waals surface area contributed by atoms with E-state index in [4.69, 9.17) is 9.47 Å². The normalized spacial score (nSPS) is 14.1. The Bertz CT molecular complexity index is 1180. The second-order valence-electron chi connectivity index (χ2n) is 8.04. The number of halogens is 1. The number of aliphatic hydroxyl groups excluding tert-OH is 1. The van der Waals surface area contributed by atoms with Gasteiger partial charge in [0, 0.05) is 13.1 Å². The Hall–Kier alpha value is -3.86. The van der Waals surface area contributed by atoms with Crippen LogP contribution in [-0.4, -0.2) is 74.5 Å². The highest BCUT2D eigenvalue weighted by molar-refractivity contribution is 6.03. The van der Waals surface area contributed by atoms with Gasteiger partial charge in [-0.15, -0.1) is 10.2 Å². The van der Waals surface area contributed by atoms with E-state index in [0.29, 0.717) is 35.5 Å². The number of amides is 1. The van der Waals surface area contributed by atoms with Crippen molar-refractivity contribution < 1.29 is 28.6 Å². The molecule has 1 amide bonds. The molecule has 1 N–H and O–H groups in total. The molecular weight excluding hydrogens is 457 g/mol. The van der Waals surface area contributed by atoms with E-state index < -0.39 is 12.1 Å². The number of aliphatic hydroxyl groups is 1. The van der Waals surface area contributed by atoms with Crippen LogP contribution >= 0.6 is 0 Å².